The van der Waals surface area contributed by atoms with Gasteiger partial charge in [0.2, 0.25) is 0 Å². The molecule has 2 unspecified atom stereocenters. The van der Waals surface area contributed by atoms with Gasteiger partial charge in [0.1, 0.15) is 24.6 Å². The smallest absolute Gasteiger partial charge is 0.320 e. The molecule has 168 valence electrons. The van der Waals surface area contributed by atoms with Gasteiger partial charge >= 0.3 is 6.01 Å². The minimum Gasteiger partial charge on any atom is -0.424 e. The number of hydrogen-bond donors (Lipinski definition) is 0. The Morgan fingerprint density at radius 1 is 1.16 bits per heavy atom. The fourth-order valence-electron chi connectivity index (χ4n) is 5.08. The summed E-state index contributed by atoms with van der Waals surface area (Å²) < 4.78 is 20.5. The highest BCUT2D eigenvalue weighted by Crippen LogP contribution is 2.44. The number of piperidine rings is 1. The molecule has 0 spiro atoms. The maximum Gasteiger partial charge on any atom is 0.320 e. The Bertz CT molecular complexity index is 1080. The Morgan fingerprint density at radius 3 is 2.69 bits per heavy atom. The quantitative estimate of drug-likeness (QED) is 0.521. The van der Waals surface area contributed by atoms with E-state index in [2.05, 4.69) is 31.0 Å². The molecule has 1 saturated carbocycles. The molecule has 1 aromatic carbocycles. The SMILES string of the molecule is Cc1cc(N2CC3CCC(C2)C3Cc2nc(Oc3cccc(Cl)c3)n(CCF)n2)ncn1. The minimum atomic E-state index is -0.531. The van der Waals surface area contributed by atoms with Crippen molar-refractivity contribution in [2.24, 2.45) is 17.8 Å². The third-order valence-corrected chi connectivity index (χ3v) is 6.78. The van der Waals surface area contributed by atoms with Crippen LogP contribution in [0.4, 0.5) is 10.2 Å². The van der Waals surface area contributed by atoms with Gasteiger partial charge < -0.3 is 9.64 Å². The number of anilines is 1. The fourth-order valence-corrected chi connectivity index (χ4v) is 5.26. The van der Waals surface area contributed by atoms with Crippen molar-refractivity contribution in [1.29, 1.82) is 0 Å². The number of benzene rings is 1. The highest BCUT2D eigenvalue weighted by Gasteiger charge is 2.42. The van der Waals surface area contributed by atoms with E-state index >= 15 is 0 Å². The van der Waals surface area contributed by atoms with Crippen molar-refractivity contribution in [2.45, 2.75) is 32.7 Å². The summed E-state index contributed by atoms with van der Waals surface area (Å²) in [6, 6.07) is 9.45. The Balaban J connectivity index is 1.31. The predicted octanol–water partition coefficient (Wildman–Crippen LogP) is 4.50. The number of alkyl halides is 1. The summed E-state index contributed by atoms with van der Waals surface area (Å²) in [5.41, 5.74) is 0.985. The fraction of sp³-hybridized carbons (Fsp3) is 0.478. The first-order valence-electron chi connectivity index (χ1n) is 11.1. The lowest BCUT2D eigenvalue weighted by Crippen LogP contribution is -2.43. The second-order valence-electron chi connectivity index (χ2n) is 8.67. The van der Waals surface area contributed by atoms with Gasteiger partial charge in [0, 0.05) is 36.3 Å². The summed E-state index contributed by atoms with van der Waals surface area (Å²) in [4.78, 5) is 15.7. The molecule has 9 heteroatoms. The summed E-state index contributed by atoms with van der Waals surface area (Å²) >= 11 is 6.06. The Hall–Kier alpha value is -2.74. The first kappa shape index (κ1) is 21.1. The molecule has 2 fully saturated rings. The molecule has 2 aromatic heterocycles. The van der Waals surface area contributed by atoms with Gasteiger partial charge in [0.05, 0.1) is 6.54 Å². The van der Waals surface area contributed by atoms with Gasteiger partial charge in [-0.2, -0.15) is 10.1 Å². The van der Waals surface area contributed by atoms with Crippen molar-refractivity contribution < 1.29 is 9.13 Å². The number of ether oxygens (including phenoxy) is 1. The zero-order valence-electron chi connectivity index (χ0n) is 18.0. The maximum atomic E-state index is 13.1. The van der Waals surface area contributed by atoms with Gasteiger partial charge in [-0.15, -0.1) is 0 Å². The number of hydrogen-bond acceptors (Lipinski definition) is 6. The van der Waals surface area contributed by atoms with Crippen LogP contribution in [0.1, 0.15) is 24.4 Å². The lowest BCUT2D eigenvalue weighted by Gasteiger charge is -2.38. The van der Waals surface area contributed by atoms with E-state index in [1.54, 1.807) is 30.6 Å². The topological polar surface area (TPSA) is 69.0 Å². The molecule has 1 aliphatic carbocycles. The van der Waals surface area contributed by atoms with Crippen LogP contribution in [0.25, 0.3) is 0 Å². The largest absolute Gasteiger partial charge is 0.424 e. The van der Waals surface area contributed by atoms with Crippen molar-refractivity contribution in [3.8, 4) is 11.8 Å². The Labute approximate surface area is 191 Å². The monoisotopic (exact) mass is 456 g/mol. The molecule has 3 aromatic rings. The van der Waals surface area contributed by atoms with E-state index in [1.807, 2.05) is 6.92 Å². The first-order chi connectivity index (χ1) is 15.6. The van der Waals surface area contributed by atoms with E-state index in [-0.39, 0.29) is 6.54 Å². The highest BCUT2D eigenvalue weighted by molar-refractivity contribution is 6.30. The van der Waals surface area contributed by atoms with Crippen molar-refractivity contribution in [3.63, 3.8) is 0 Å². The van der Waals surface area contributed by atoms with Crippen LogP contribution >= 0.6 is 11.6 Å². The number of nitrogens with zero attached hydrogens (tertiary/aromatic N) is 6. The summed E-state index contributed by atoms with van der Waals surface area (Å²) in [6.07, 6.45) is 4.82. The van der Waals surface area contributed by atoms with Crippen molar-refractivity contribution in [1.82, 2.24) is 24.7 Å². The Morgan fingerprint density at radius 2 is 1.97 bits per heavy atom. The molecule has 2 bridgehead atoms. The number of halogens is 2. The third-order valence-electron chi connectivity index (χ3n) is 6.54. The highest BCUT2D eigenvalue weighted by atomic mass is 35.5. The van der Waals surface area contributed by atoms with Gasteiger partial charge in [-0.3, -0.25) is 0 Å². The van der Waals surface area contributed by atoms with E-state index in [0.717, 1.165) is 31.0 Å². The molecule has 0 amide bonds. The molecule has 3 heterocycles. The second kappa shape index (κ2) is 9.02. The van der Waals surface area contributed by atoms with Crippen LogP contribution in [0, 0.1) is 24.7 Å². The van der Waals surface area contributed by atoms with Crippen molar-refractivity contribution in [2.75, 3.05) is 24.7 Å². The van der Waals surface area contributed by atoms with Gasteiger partial charge in [-0.1, -0.05) is 17.7 Å². The average Bonchev–Trinajstić information content (AvgIpc) is 3.23. The molecule has 2 atom stereocenters. The summed E-state index contributed by atoms with van der Waals surface area (Å²) in [5.74, 6) is 3.92. The molecule has 1 saturated heterocycles. The molecule has 2 aliphatic rings. The van der Waals surface area contributed by atoms with Crippen LogP contribution in [0.5, 0.6) is 11.8 Å². The zero-order chi connectivity index (χ0) is 22.1. The van der Waals surface area contributed by atoms with E-state index in [9.17, 15) is 4.39 Å². The second-order valence-corrected chi connectivity index (χ2v) is 9.11. The molecule has 7 nitrogen and oxygen atoms in total. The van der Waals surface area contributed by atoms with E-state index in [4.69, 9.17) is 16.3 Å². The van der Waals surface area contributed by atoms with Crippen LogP contribution in [0.2, 0.25) is 5.02 Å². The third kappa shape index (κ3) is 4.41. The molecule has 32 heavy (non-hydrogen) atoms. The van der Waals surface area contributed by atoms with Gasteiger partial charge in [-0.05, 0) is 55.7 Å². The van der Waals surface area contributed by atoms with Crippen LogP contribution in [-0.2, 0) is 13.0 Å². The average molecular weight is 457 g/mol. The lowest BCUT2D eigenvalue weighted by atomic mass is 9.82. The van der Waals surface area contributed by atoms with Crippen LogP contribution in [-0.4, -0.2) is 44.5 Å². The van der Waals surface area contributed by atoms with Gasteiger partial charge in [0.15, 0.2) is 5.82 Å². The number of aryl methyl sites for hydroxylation is 2. The summed E-state index contributed by atoms with van der Waals surface area (Å²) in [6.45, 7) is 3.54. The van der Waals surface area contributed by atoms with Gasteiger partial charge in [0.25, 0.3) is 0 Å². The summed E-state index contributed by atoms with van der Waals surface area (Å²) in [5, 5.41) is 5.14. The first-order valence-corrected chi connectivity index (χ1v) is 11.4. The maximum absolute atomic E-state index is 13.1. The normalized spacial score (nSPS) is 22.3. The molecular weight excluding hydrogens is 431 g/mol. The van der Waals surface area contributed by atoms with E-state index in [0.29, 0.717) is 40.4 Å². The van der Waals surface area contributed by atoms with Crippen molar-refractivity contribution in [3.05, 3.63) is 53.2 Å². The Kier molecular flexibility index (Phi) is 5.95. The summed E-state index contributed by atoms with van der Waals surface area (Å²) in [7, 11) is 0. The molecule has 0 radical (unpaired) electrons. The molecular formula is C23H26ClFN6O. The molecule has 1 aliphatic heterocycles. The predicted molar refractivity (Wildman–Crippen MR) is 120 cm³/mol. The van der Waals surface area contributed by atoms with Crippen LogP contribution < -0.4 is 9.64 Å². The molecule has 5 rings (SSSR count). The van der Waals surface area contributed by atoms with Crippen LogP contribution in [0.3, 0.4) is 0 Å². The standard InChI is InChI=1S/C23H26ClFN6O/c1-15-9-22(27-14-26-15)30-12-16-5-6-17(13-30)20(16)11-21-28-23(31(29-21)8-7-25)32-19-4-2-3-18(24)10-19/h2-4,9-10,14,16-17,20H,5-8,11-13H2,1H3. The van der Waals surface area contributed by atoms with Crippen molar-refractivity contribution >= 4 is 17.4 Å². The van der Waals surface area contributed by atoms with Crippen LogP contribution in [0.15, 0.2) is 36.7 Å². The van der Waals surface area contributed by atoms with Gasteiger partial charge in [-0.25, -0.2) is 19.0 Å². The number of fused-ring (bicyclic) bond motifs is 2. The van der Waals surface area contributed by atoms with E-state index in [1.165, 1.54) is 17.5 Å². The zero-order valence-corrected chi connectivity index (χ0v) is 18.7. The number of rotatable bonds is 7. The number of aromatic nitrogens is 5. The van der Waals surface area contributed by atoms with E-state index < -0.39 is 6.67 Å². The minimum absolute atomic E-state index is 0.112. The lowest BCUT2D eigenvalue weighted by molar-refractivity contribution is 0.264. The molecule has 0 N–H and O–H groups in total.